The van der Waals surface area contributed by atoms with Gasteiger partial charge in [0.15, 0.2) is 0 Å². The van der Waals surface area contributed by atoms with E-state index in [1.807, 2.05) is 13.8 Å². The van der Waals surface area contributed by atoms with E-state index in [0.717, 1.165) is 45.3 Å². The maximum atomic E-state index is 11.5. The molecule has 1 rings (SSSR count). The Balaban J connectivity index is 2.21. The molecule has 18 heavy (non-hydrogen) atoms. The van der Waals surface area contributed by atoms with Crippen molar-refractivity contribution in [2.24, 2.45) is 11.3 Å². The molecular weight excluding hydrogens is 226 g/mol. The first-order valence-electron chi connectivity index (χ1n) is 6.84. The Hall–Kier alpha value is -1.08. The predicted octanol–water partition coefficient (Wildman–Crippen LogP) is 1.77. The van der Waals surface area contributed by atoms with Crippen molar-refractivity contribution in [3.63, 3.8) is 0 Å². The van der Waals surface area contributed by atoms with Crippen molar-refractivity contribution in [1.82, 2.24) is 10.2 Å². The molecule has 0 aromatic rings. The molecule has 0 unspecified atom stereocenters. The van der Waals surface area contributed by atoms with Gasteiger partial charge in [0.05, 0.1) is 11.5 Å². The van der Waals surface area contributed by atoms with Gasteiger partial charge < -0.3 is 10.2 Å². The number of hydrogen-bond donors (Lipinski definition) is 1. The smallest absolute Gasteiger partial charge is 0.222 e. The minimum absolute atomic E-state index is 0.181. The molecule has 0 spiro atoms. The molecule has 0 aromatic heterocycles. The lowest BCUT2D eigenvalue weighted by molar-refractivity contribution is -0.125. The van der Waals surface area contributed by atoms with Crippen molar-refractivity contribution < 1.29 is 4.79 Å². The van der Waals surface area contributed by atoms with Gasteiger partial charge in [-0.15, -0.1) is 0 Å². The first kappa shape index (κ1) is 15.0. The van der Waals surface area contributed by atoms with E-state index in [4.69, 9.17) is 5.26 Å². The molecule has 1 aliphatic rings. The van der Waals surface area contributed by atoms with E-state index in [2.05, 4.69) is 16.3 Å². The molecule has 1 saturated heterocycles. The molecule has 0 saturated carbocycles. The van der Waals surface area contributed by atoms with Crippen LogP contribution in [0.4, 0.5) is 0 Å². The summed E-state index contributed by atoms with van der Waals surface area (Å²) in [6, 6.07) is 2.34. The van der Waals surface area contributed by atoms with Gasteiger partial charge in [0.1, 0.15) is 0 Å². The van der Waals surface area contributed by atoms with Crippen LogP contribution in [0.1, 0.15) is 39.5 Å². The lowest BCUT2D eigenvalue weighted by atomic mass is 9.89. The van der Waals surface area contributed by atoms with Crippen molar-refractivity contribution in [2.75, 3.05) is 26.7 Å². The Bertz CT molecular complexity index is 311. The van der Waals surface area contributed by atoms with Crippen LogP contribution in [0.15, 0.2) is 0 Å². The van der Waals surface area contributed by atoms with E-state index in [9.17, 15) is 4.79 Å². The summed E-state index contributed by atoms with van der Waals surface area (Å²) < 4.78 is 0. The molecule has 1 aliphatic heterocycles. The third-order valence-corrected chi connectivity index (χ3v) is 3.78. The van der Waals surface area contributed by atoms with Gasteiger partial charge in [-0.1, -0.05) is 0 Å². The molecular formula is C14H25N3O. The summed E-state index contributed by atoms with van der Waals surface area (Å²) in [5.74, 6) is 0.377. The second kappa shape index (κ2) is 6.75. The number of nitrogens with zero attached hydrogens (tertiary/aromatic N) is 2. The molecule has 1 fully saturated rings. The zero-order valence-corrected chi connectivity index (χ0v) is 11.8. The van der Waals surface area contributed by atoms with Crippen molar-refractivity contribution in [3.8, 4) is 6.07 Å². The number of nitriles is 1. The molecule has 1 amide bonds. The normalized spacial score (nSPS) is 18.3. The van der Waals surface area contributed by atoms with Crippen LogP contribution in [-0.2, 0) is 4.79 Å². The van der Waals surface area contributed by atoms with Gasteiger partial charge >= 0.3 is 0 Å². The maximum absolute atomic E-state index is 11.5. The lowest BCUT2D eigenvalue weighted by Gasteiger charge is -2.31. The van der Waals surface area contributed by atoms with Gasteiger partial charge in [0, 0.05) is 13.0 Å². The summed E-state index contributed by atoms with van der Waals surface area (Å²) in [7, 11) is 1.71. The number of rotatable bonds is 5. The summed E-state index contributed by atoms with van der Waals surface area (Å²) in [5, 5.41) is 11.7. The SMILES string of the molecule is CNC(=O)C1CCN(CCCC(C)(C)C#N)CC1. The van der Waals surface area contributed by atoms with E-state index in [0.29, 0.717) is 0 Å². The standard InChI is InChI=1S/C14H25N3O/c1-14(2,11-15)7-4-8-17-9-5-12(6-10-17)13(18)16-3/h12H,4-10H2,1-3H3,(H,16,18). The molecule has 0 aliphatic carbocycles. The number of likely N-dealkylation sites (tertiary alicyclic amines) is 1. The molecule has 4 nitrogen and oxygen atoms in total. The highest BCUT2D eigenvalue weighted by molar-refractivity contribution is 5.78. The van der Waals surface area contributed by atoms with E-state index >= 15 is 0 Å². The predicted molar refractivity (Wildman–Crippen MR) is 71.9 cm³/mol. The summed E-state index contributed by atoms with van der Waals surface area (Å²) in [6.07, 6.45) is 3.92. The zero-order valence-electron chi connectivity index (χ0n) is 11.8. The molecule has 1 heterocycles. The molecule has 4 heteroatoms. The van der Waals surface area contributed by atoms with Gasteiger partial charge in [0.2, 0.25) is 5.91 Å². The quantitative estimate of drug-likeness (QED) is 0.810. The fourth-order valence-electron chi connectivity index (χ4n) is 2.42. The van der Waals surface area contributed by atoms with Crippen LogP contribution in [0.5, 0.6) is 0 Å². The van der Waals surface area contributed by atoms with Gasteiger partial charge in [-0.3, -0.25) is 4.79 Å². The molecule has 1 N–H and O–H groups in total. The maximum Gasteiger partial charge on any atom is 0.222 e. The van der Waals surface area contributed by atoms with Gasteiger partial charge in [0.25, 0.3) is 0 Å². The average molecular weight is 251 g/mol. The fourth-order valence-corrected chi connectivity index (χ4v) is 2.42. The third kappa shape index (κ3) is 4.66. The Morgan fingerprint density at radius 3 is 2.56 bits per heavy atom. The number of nitrogens with one attached hydrogen (secondary N) is 1. The largest absolute Gasteiger partial charge is 0.359 e. The summed E-state index contributed by atoms with van der Waals surface area (Å²) >= 11 is 0. The second-order valence-corrected chi connectivity index (χ2v) is 5.83. The summed E-state index contributed by atoms with van der Waals surface area (Å²) in [4.78, 5) is 13.9. The average Bonchev–Trinajstić information content (AvgIpc) is 2.38. The molecule has 0 radical (unpaired) electrons. The molecule has 102 valence electrons. The van der Waals surface area contributed by atoms with Crippen LogP contribution in [-0.4, -0.2) is 37.5 Å². The third-order valence-electron chi connectivity index (χ3n) is 3.78. The van der Waals surface area contributed by atoms with Crippen molar-refractivity contribution in [1.29, 1.82) is 5.26 Å². The molecule has 0 bridgehead atoms. The summed E-state index contributed by atoms with van der Waals surface area (Å²) in [6.45, 7) is 7.04. The minimum atomic E-state index is -0.208. The monoisotopic (exact) mass is 251 g/mol. The van der Waals surface area contributed by atoms with E-state index in [-0.39, 0.29) is 17.2 Å². The number of carbonyl (C=O) groups is 1. The molecule has 0 atom stereocenters. The summed E-state index contributed by atoms with van der Waals surface area (Å²) in [5.41, 5.74) is -0.208. The van der Waals surface area contributed by atoms with Crippen LogP contribution >= 0.6 is 0 Å². The van der Waals surface area contributed by atoms with Crippen LogP contribution in [0, 0.1) is 22.7 Å². The van der Waals surface area contributed by atoms with Crippen molar-refractivity contribution >= 4 is 5.91 Å². The van der Waals surface area contributed by atoms with Crippen molar-refractivity contribution in [3.05, 3.63) is 0 Å². The molecule has 0 aromatic carbocycles. The van der Waals surface area contributed by atoms with E-state index in [1.165, 1.54) is 0 Å². The van der Waals surface area contributed by atoms with Crippen LogP contribution in [0.2, 0.25) is 0 Å². The first-order valence-corrected chi connectivity index (χ1v) is 6.84. The Morgan fingerprint density at radius 1 is 1.44 bits per heavy atom. The topological polar surface area (TPSA) is 56.1 Å². The number of hydrogen-bond acceptors (Lipinski definition) is 3. The zero-order chi connectivity index (χ0) is 13.6. The van der Waals surface area contributed by atoms with E-state index in [1.54, 1.807) is 7.05 Å². The fraction of sp³-hybridized carbons (Fsp3) is 0.857. The Labute approximate surface area is 110 Å². The highest BCUT2D eigenvalue weighted by atomic mass is 16.1. The van der Waals surface area contributed by atoms with Crippen molar-refractivity contribution in [2.45, 2.75) is 39.5 Å². The van der Waals surface area contributed by atoms with E-state index < -0.39 is 0 Å². The Morgan fingerprint density at radius 2 is 2.06 bits per heavy atom. The second-order valence-electron chi connectivity index (χ2n) is 5.83. The van der Waals surface area contributed by atoms with Crippen LogP contribution < -0.4 is 5.32 Å². The highest BCUT2D eigenvalue weighted by Gasteiger charge is 2.24. The van der Waals surface area contributed by atoms with Gasteiger partial charge in [-0.2, -0.15) is 5.26 Å². The van der Waals surface area contributed by atoms with Crippen LogP contribution in [0.3, 0.4) is 0 Å². The van der Waals surface area contributed by atoms with Crippen LogP contribution in [0.25, 0.3) is 0 Å². The van der Waals surface area contributed by atoms with Gasteiger partial charge in [-0.25, -0.2) is 0 Å². The number of carbonyl (C=O) groups excluding carboxylic acids is 1. The number of amides is 1. The first-order chi connectivity index (χ1) is 8.48. The highest BCUT2D eigenvalue weighted by Crippen LogP contribution is 2.22. The number of piperidine rings is 1. The lowest BCUT2D eigenvalue weighted by Crippen LogP contribution is -2.40. The Kier molecular flexibility index (Phi) is 5.61. The minimum Gasteiger partial charge on any atom is -0.359 e. The van der Waals surface area contributed by atoms with Gasteiger partial charge in [-0.05, 0) is 59.2 Å².